The summed E-state index contributed by atoms with van der Waals surface area (Å²) in [4.78, 5) is 11.4. The number of methoxy groups -OCH3 is 1. The van der Waals surface area contributed by atoms with E-state index in [4.69, 9.17) is 4.74 Å². The van der Waals surface area contributed by atoms with E-state index in [0.717, 1.165) is 42.9 Å². The van der Waals surface area contributed by atoms with Crippen LogP contribution in [0.15, 0.2) is 47.5 Å². The third-order valence-electron chi connectivity index (χ3n) is 4.35. The molecule has 0 aliphatic carbocycles. The molecule has 0 aliphatic heterocycles. The van der Waals surface area contributed by atoms with Crippen LogP contribution in [0.2, 0.25) is 0 Å². The van der Waals surface area contributed by atoms with Crippen LogP contribution in [-0.4, -0.2) is 31.8 Å². The molecule has 2 aromatic heterocycles. The normalized spacial score (nSPS) is 10.8. The highest BCUT2D eigenvalue weighted by Crippen LogP contribution is 2.21. The van der Waals surface area contributed by atoms with Crippen molar-refractivity contribution >= 4 is 0 Å². The standard InChI is InChI=1S/C19H22N4O3/c1-14-19(25)18(24)8-11-22(14)9-3-4-10-23-13-17(20-21-23)15-6-5-7-16(12-15)26-2/h5-8,11-13,25H,3-4,9-10H2,1-2H3. The smallest absolute Gasteiger partial charge is 0.223 e. The monoisotopic (exact) mass is 354 g/mol. The number of aryl methyl sites for hydroxylation is 2. The lowest BCUT2D eigenvalue weighted by atomic mass is 10.1. The van der Waals surface area contributed by atoms with Gasteiger partial charge in [-0.15, -0.1) is 5.10 Å². The van der Waals surface area contributed by atoms with Crippen molar-refractivity contribution < 1.29 is 9.84 Å². The van der Waals surface area contributed by atoms with Gasteiger partial charge in [-0.05, 0) is 31.9 Å². The van der Waals surface area contributed by atoms with E-state index in [9.17, 15) is 9.90 Å². The third kappa shape index (κ3) is 3.93. The van der Waals surface area contributed by atoms with E-state index in [1.54, 1.807) is 20.2 Å². The Morgan fingerprint density at radius 3 is 2.81 bits per heavy atom. The summed E-state index contributed by atoms with van der Waals surface area (Å²) in [7, 11) is 1.64. The van der Waals surface area contributed by atoms with Crippen LogP contribution in [0.4, 0.5) is 0 Å². The van der Waals surface area contributed by atoms with Gasteiger partial charge in [0, 0.05) is 30.9 Å². The summed E-state index contributed by atoms with van der Waals surface area (Å²) >= 11 is 0. The summed E-state index contributed by atoms with van der Waals surface area (Å²) in [6.45, 7) is 3.23. The van der Waals surface area contributed by atoms with Crippen LogP contribution in [0.25, 0.3) is 11.3 Å². The maximum absolute atomic E-state index is 11.4. The van der Waals surface area contributed by atoms with Gasteiger partial charge in [-0.2, -0.15) is 0 Å². The van der Waals surface area contributed by atoms with Gasteiger partial charge in [0.05, 0.1) is 19.0 Å². The van der Waals surface area contributed by atoms with Crippen LogP contribution < -0.4 is 10.2 Å². The molecule has 0 saturated heterocycles. The van der Waals surface area contributed by atoms with Crippen molar-refractivity contribution in [3.8, 4) is 22.8 Å². The number of rotatable bonds is 7. The molecule has 7 nitrogen and oxygen atoms in total. The SMILES string of the molecule is COc1cccc(-c2cn(CCCCn3ccc(=O)c(O)c3C)nn2)c1. The zero-order chi connectivity index (χ0) is 18.5. The highest BCUT2D eigenvalue weighted by atomic mass is 16.5. The van der Waals surface area contributed by atoms with E-state index in [0.29, 0.717) is 5.69 Å². The number of aromatic nitrogens is 4. The van der Waals surface area contributed by atoms with Gasteiger partial charge in [-0.3, -0.25) is 9.48 Å². The molecule has 0 radical (unpaired) electrons. The first-order valence-electron chi connectivity index (χ1n) is 8.52. The van der Waals surface area contributed by atoms with Crippen molar-refractivity contribution in [3.63, 3.8) is 0 Å². The Morgan fingerprint density at radius 1 is 1.19 bits per heavy atom. The molecular formula is C19H22N4O3. The molecule has 0 atom stereocenters. The molecule has 0 saturated carbocycles. The zero-order valence-electron chi connectivity index (χ0n) is 14.9. The fourth-order valence-corrected chi connectivity index (χ4v) is 2.78. The van der Waals surface area contributed by atoms with E-state index in [2.05, 4.69) is 10.3 Å². The van der Waals surface area contributed by atoms with Crippen LogP contribution in [0, 0.1) is 6.92 Å². The second-order valence-electron chi connectivity index (χ2n) is 6.11. The first kappa shape index (κ1) is 17.7. The molecule has 26 heavy (non-hydrogen) atoms. The molecule has 0 aliphatic rings. The molecule has 0 spiro atoms. The number of hydrogen-bond donors (Lipinski definition) is 1. The second-order valence-corrected chi connectivity index (χ2v) is 6.11. The molecule has 1 aromatic carbocycles. The quantitative estimate of drug-likeness (QED) is 0.660. The molecule has 0 fully saturated rings. The zero-order valence-corrected chi connectivity index (χ0v) is 14.9. The van der Waals surface area contributed by atoms with Gasteiger partial charge in [0.1, 0.15) is 11.4 Å². The van der Waals surface area contributed by atoms with E-state index in [1.807, 2.05) is 39.7 Å². The number of pyridine rings is 1. The van der Waals surface area contributed by atoms with Crippen LogP contribution in [0.1, 0.15) is 18.5 Å². The van der Waals surface area contributed by atoms with Crippen LogP contribution in [0.3, 0.4) is 0 Å². The van der Waals surface area contributed by atoms with Gasteiger partial charge >= 0.3 is 0 Å². The Bertz CT molecular complexity index is 946. The van der Waals surface area contributed by atoms with Crippen LogP contribution in [0.5, 0.6) is 11.5 Å². The van der Waals surface area contributed by atoms with E-state index in [1.165, 1.54) is 6.07 Å². The number of benzene rings is 1. The number of ether oxygens (including phenoxy) is 1. The van der Waals surface area contributed by atoms with Gasteiger partial charge in [-0.1, -0.05) is 17.3 Å². The first-order chi connectivity index (χ1) is 12.6. The van der Waals surface area contributed by atoms with Gasteiger partial charge in [0.25, 0.3) is 0 Å². The minimum Gasteiger partial charge on any atom is -0.503 e. The average molecular weight is 354 g/mol. The number of aromatic hydroxyl groups is 1. The molecule has 3 aromatic rings. The lowest BCUT2D eigenvalue weighted by Crippen LogP contribution is -2.10. The van der Waals surface area contributed by atoms with Crippen molar-refractivity contribution in [1.82, 2.24) is 19.6 Å². The van der Waals surface area contributed by atoms with Crippen LogP contribution >= 0.6 is 0 Å². The largest absolute Gasteiger partial charge is 0.503 e. The highest BCUT2D eigenvalue weighted by molar-refractivity contribution is 5.59. The lowest BCUT2D eigenvalue weighted by molar-refractivity contribution is 0.415. The topological polar surface area (TPSA) is 82.2 Å². The molecule has 0 amide bonds. The van der Waals surface area contributed by atoms with Crippen molar-refractivity contribution in [2.24, 2.45) is 0 Å². The minimum atomic E-state index is -0.341. The Kier molecular flexibility index (Phi) is 5.36. The van der Waals surface area contributed by atoms with Crippen molar-refractivity contribution in [2.45, 2.75) is 32.9 Å². The van der Waals surface area contributed by atoms with Crippen molar-refractivity contribution in [2.75, 3.05) is 7.11 Å². The molecular weight excluding hydrogens is 332 g/mol. The number of nitrogens with zero attached hydrogens (tertiary/aromatic N) is 4. The summed E-state index contributed by atoms with van der Waals surface area (Å²) in [6, 6.07) is 9.11. The lowest BCUT2D eigenvalue weighted by Gasteiger charge is -2.11. The second kappa shape index (κ2) is 7.86. The molecule has 3 rings (SSSR count). The highest BCUT2D eigenvalue weighted by Gasteiger charge is 2.06. The Balaban J connectivity index is 1.55. The minimum absolute atomic E-state index is 0.174. The maximum atomic E-state index is 11.4. The molecule has 2 heterocycles. The van der Waals surface area contributed by atoms with E-state index in [-0.39, 0.29) is 11.2 Å². The van der Waals surface area contributed by atoms with Crippen molar-refractivity contribution in [3.05, 3.63) is 58.6 Å². The fourth-order valence-electron chi connectivity index (χ4n) is 2.78. The Labute approximate surface area is 151 Å². The molecule has 0 unspecified atom stereocenters. The van der Waals surface area contributed by atoms with E-state index >= 15 is 0 Å². The summed E-state index contributed by atoms with van der Waals surface area (Å²) in [5, 5.41) is 18.1. The fraction of sp³-hybridized carbons (Fsp3) is 0.316. The number of unbranched alkanes of at least 4 members (excludes halogenated alkanes) is 1. The summed E-state index contributed by atoms with van der Waals surface area (Å²) in [6.07, 6.45) is 5.45. The average Bonchev–Trinajstić information content (AvgIpc) is 3.14. The Hall–Kier alpha value is -3.09. The Morgan fingerprint density at radius 2 is 2.00 bits per heavy atom. The van der Waals surface area contributed by atoms with Crippen molar-refractivity contribution in [1.29, 1.82) is 0 Å². The predicted octanol–water partition coefficient (Wildman–Crippen LogP) is 2.61. The summed E-state index contributed by atoms with van der Waals surface area (Å²) in [5.74, 6) is 0.614. The molecule has 7 heteroatoms. The molecule has 1 N–H and O–H groups in total. The third-order valence-corrected chi connectivity index (χ3v) is 4.35. The predicted molar refractivity (Wildman–Crippen MR) is 98.3 cm³/mol. The van der Waals surface area contributed by atoms with Gasteiger partial charge < -0.3 is 14.4 Å². The first-order valence-corrected chi connectivity index (χ1v) is 8.52. The maximum Gasteiger partial charge on any atom is 0.223 e. The molecule has 136 valence electrons. The number of hydrogen-bond acceptors (Lipinski definition) is 5. The molecule has 0 bridgehead atoms. The van der Waals surface area contributed by atoms with Gasteiger partial charge in [-0.25, -0.2) is 0 Å². The van der Waals surface area contributed by atoms with Gasteiger partial charge in [0.2, 0.25) is 5.43 Å². The van der Waals surface area contributed by atoms with Gasteiger partial charge in [0.15, 0.2) is 5.75 Å². The summed E-state index contributed by atoms with van der Waals surface area (Å²) in [5.41, 5.74) is 2.03. The van der Waals surface area contributed by atoms with E-state index < -0.39 is 0 Å². The summed E-state index contributed by atoms with van der Waals surface area (Å²) < 4.78 is 8.95. The van der Waals surface area contributed by atoms with Crippen LogP contribution in [-0.2, 0) is 13.1 Å².